The van der Waals surface area contributed by atoms with E-state index >= 15 is 0 Å². The van der Waals surface area contributed by atoms with Gasteiger partial charge in [0.1, 0.15) is 0 Å². The van der Waals surface area contributed by atoms with Gasteiger partial charge in [0.25, 0.3) is 0 Å². The highest BCUT2D eigenvalue weighted by atomic mass is 33.5. The molecule has 0 aliphatic heterocycles. The highest BCUT2D eigenvalue weighted by Gasteiger charge is 2.03. The fraction of sp³-hybridized carbons (Fsp3) is 0.182. The number of hydrogen-bond donors (Lipinski definition) is 0. The number of benzene rings is 1. The van der Waals surface area contributed by atoms with Gasteiger partial charge in [0.15, 0.2) is 4.34 Å². The molecule has 1 aromatic carbocycles. The van der Waals surface area contributed by atoms with E-state index in [4.69, 9.17) is 0 Å². The first-order valence-corrected chi connectivity index (χ1v) is 9.18. The van der Waals surface area contributed by atoms with Crippen molar-refractivity contribution in [3.63, 3.8) is 0 Å². The molecule has 1 aromatic heterocycles. The van der Waals surface area contributed by atoms with Crippen LogP contribution in [0.25, 0.3) is 10.2 Å². The maximum Gasteiger partial charge on any atom is 0.162 e. The lowest BCUT2D eigenvalue weighted by Gasteiger charge is -1.96. The highest BCUT2D eigenvalue weighted by Crippen LogP contribution is 2.43. The second kappa shape index (κ2) is 6.00. The summed E-state index contributed by atoms with van der Waals surface area (Å²) in [5.74, 6) is 1.00. The fourth-order valence-corrected chi connectivity index (χ4v) is 6.28. The number of rotatable bonds is 5. The molecule has 0 saturated carbocycles. The molecule has 0 spiro atoms. The van der Waals surface area contributed by atoms with Crippen molar-refractivity contribution >= 4 is 53.0 Å². The Morgan fingerprint density at radius 2 is 2.25 bits per heavy atom. The van der Waals surface area contributed by atoms with E-state index in [0.29, 0.717) is 0 Å². The average molecular weight is 285 g/mol. The van der Waals surface area contributed by atoms with Gasteiger partial charge in [-0.25, -0.2) is 4.98 Å². The minimum Gasteiger partial charge on any atom is -0.229 e. The van der Waals surface area contributed by atoms with E-state index in [2.05, 4.69) is 36.7 Å². The van der Waals surface area contributed by atoms with Gasteiger partial charge in [-0.15, -0.1) is 11.3 Å². The molecule has 0 N–H and O–H groups in total. The molecule has 0 saturated heterocycles. The lowest BCUT2D eigenvalue weighted by molar-refractivity contribution is 1.31. The van der Waals surface area contributed by atoms with Crippen molar-refractivity contribution in [3.8, 4) is 0 Å². The first kappa shape index (κ1) is 12.4. The molecule has 84 valence electrons. The van der Waals surface area contributed by atoms with Crippen molar-refractivity contribution < 1.29 is 0 Å². The third-order valence-corrected chi connectivity index (χ3v) is 7.19. The molecule has 2 rings (SSSR count). The number of thiazole rings is 1. The van der Waals surface area contributed by atoms with E-state index in [9.17, 15) is 0 Å². The van der Waals surface area contributed by atoms with Crippen molar-refractivity contribution in [2.45, 2.75) is 11.3 Å². The van der Waals surface area contributed by atoms with Gasteiger partial charge in [0, 0.05) is 5.75 Å². The lowest BCUT2D eigenvalue weighted by atomic mass is 10.3. The van der Waals surface area contributed by atoms with E-state index in [-0.39, 0.29) is 0 Å². The van der Waals surface area contributed by atoms with Gasteiger partial charge in [0.2, 0.25) is 0 Å². The molecule has 2 aromatic rings. The summed E-state index contributed by atoms with van der Waals surface area (Å²) in [7, 11) is 5.32. The van der Waals surface area contributed by atoms with E-state index in [1.807, 2.05) is 16.9 Å². The van der Waals surface area contributed by atoms with Crippen molar-refractivity contribution in [1.82, 2.24) is 4.98 Å². The van der Waals surface area contributed by atoms with Crippen LogP contribution in [-0.2, 0) is 0 Å². The molecule has 0 amide bonds. The standard InChI is InChI=1S/C11H11NS4/c1-8(2)7-13-16-15-11-12-9-5-3-4-6-10(9)14-11/h3-6H,1,7H2,2H3. The maximum absolute atomic E-state index is 4.55. The summed E-state index contributed by atoms with van der Waals surface area (Å²) >= 11 is 1.75. The summed E-state index contributed by atoms with van der Waals surface area (Å²) in [5, 5.41) is 0. The quantitative estimate of drug-likeness (QED) is 0.422. The van der Waals surface area contributed by atoms with E-state index in [1.54, 1.807) is 32.0 Å². The smallest absolute Gasteiger partial charge is 0.162 e. The number of aromatic nitrogens is 1. The highest BCUT2D eigenvalue weighted by molar-refractivity contribution is 9.09. The molecule has 0 unspecified atom stereocenters. The Hall–Kier alpha value is -0.100. The Morgan fingerprint density at radius 1 is 1.44 bits per heavy atom. The zero-order valence-corrected chi connectivity index (χ0v) is 12.1. The summed E-state index contributed by atoms with van der Waals surface area (Å²) in [6, 6.07) is 8.25. The maximum atomic E-state index is 4.55. The normalized spacial score (nSPS) is 10.8. The third kappa shape index (κ3) is 3.45. The molecule has 0 aliphatic carbocycles. The van der Waals surface area contributed by atoms with E-state index in [1.165, 1.54) is 10.3 Å². The first-order valence-electron chi connectivity index (χ1n) is 4.72. The van der Waals surface area contributed by atoms with Gasteiger partial charge in [0.05, 0.1) is 10.2 Å². The van der Waals surface area contributed by atoms with Crippen molar-refractivity contribution in [2.24, 2.45) is 0 Å². The monoisotopic (exact) mass is 285 g/mol. The number of hydrogen-bond acceptors (Lipinski definition) is 5. The lowest BCUT2D eigenvalue weighted by Crippen LogP contribution is -1.72. The van der Waals surface area contributed by atoms with Gasteiger partial charge in [-0.2, -0.15) is 0 Å². The zero-order chi connectivity index (χ0) is 11.4. The van der Waals surface area contributed by atoms with Crippen molar-refractivity contribution in [2.75, 3.05) is 5.75 Å². The Labute approximate surface area is 111 Å². The Kier molecular flexibility index (Phi) is 4.64. The van der Waals surface area contributed by atoms with Crippen LogP contribution in [-0.4, -0.2) is 10.7 Å². The van der Waals surface area contributed by atoms with E-state index in [0.717, 1.165) is 15.6 Å². The van der Waals surface area contributed by atoms with E-state index < -0.39 is 0 Å². The minimum atomic E-state index is 1.00. The topological polar surface area (TPSA) is 12.9 Å². The summed E-state index contributed by atoms with van der Waals surface area (Å²) < 4.78 is 2.39. The van der Waals surface area contributed by atoms with Crippen LogP contribution in [0.3, 0.4) is 0 Å². The average Bonchev–Trinajstić information content (AvgIpc) is 2.66. The summed E-state index contributed by atoms with van der Waals surface area (Å²) in [6.07, 6.45) is 0. The molecule has 0 radical (unpaired) electrons. The molecule has 16 heavy (non-hydrogen) atoms. The molecule has 1 nitrogen and oxygen atoms in total. The molecular formula is C11H11NS4. The van der Waals surface area contributed by atoms with Crippen LogP contribution in [0.15, 0.2) is 40.8 Å². The van der Waals surface area contributed by atoms with Gasteiger partial charge in [-0.3, -0.25) is 0 Å². The van der Waals surface area contributed by atoms with Crippen molar-refractivity contribution in [1.29, 1.82) is 0 Å². The fourth-order valence-electron chi connectivity index (χ4n) is 1.06. The number of nitrogens with zero attached hydrogens (tertiary/aromatic N) is 1. The Morgan fingerprint density at radius 3 is 3.00 bits per heavy atom. The number of para-hydroxylation sites is 1. The number of fused-ring (bicyclic) bond motifs is 1. The third-order valence-electron chi connectivity index (χ3n) is 1.73. The van der Waals surface area contributed by atoms with Crippen LogP contribution in [0.1, 0.15) is 6.92 Å². The predicted molar refractivity (Wildman–Crippen MR) is 80.3 cm³/mol. The predicted octanol–water partition coefficient (Wildman–Crippen LogP) is 5.26. The van der Waals surface area contributed by atoms with Crippen LogP contribution in [0.4, 0.5) is 0 Å². The summed E-state index contributed by atoms with van der Waals surface area (Å²) in [5.41, 5.74) is 2.31. The van der Waals surface area contributed by atoms with Crippen LogP contribution < -0.4 is 0 Å². The zero-order valence-electron chi connectivity index (χ0n) is 8.80. The Bertz CT molecular complexity index is 458. The van der Waals surface area contributed by atoms with Crippen LogP contribution >= 0.6 is 42.8 Å². The molecule has 1 heterocycles. The first-order chi connectivity index (χ1) is 7.75. The molecule has 0 atom stereocenters. The summed E-state index contributed by atoms with van der Waals surface area (Å²) in [6.45, 7) is 5.93. The molecule has 0 bridgehead atoms. The Balaban J connectivity index is 1.92. The molecule has 0 fully saturated rings. The van der Waals surface area contributed by atoms with Gasteiger partial charge >= 0.3 is 0 Å². The second-order valence-electron chi connectivity index (χ2n) is 3.32. The molecule has 0 aliphatic rings. The SMILES string of the molecule is C=C(C)CSSSc1nc2ccccc2s1. The summed E-state index contributed by atoms with van der Waals surface area (Å²) in [4.78, 5) is 4.55. The van der Waals surface area contributed by atoms with Crippen LogP contribution in [0.5, 0.6) is 0 Å². The largest absolute Gasteiger partial charge is 0.229 e. The van der Waals surface area contributed by atoms with Gasteiger partial charge in [-0.1, -0.05) is 35.1 Å². The molecular weight excluding hydrogens is 274 g/mol. The second-order valence-corrected chi connectivity index (χ2v) is 8.66. The van der Waals surface area contributed by atoms with Gasteiger partial charge in [-0.05, 0) is 39.7 Å². The van der Waals surface area contributed by atoms with Crippen LogP contribution in [0.2, 0.25) is 0 Å². The van der Waals surface area contributed by atoms with Crippen LogP contribution in [0, 0.1) is 0 Å². The molecule has 5 heteroatoms. The minimum absolute atomic E-state index is 1.00. The van der Waals surface area contributed by atoms with Gasteiger partial charge < -0.3 is 0 Å². The van der Waals surface area contributed by atoms with Crippen molar-refractivity contribution in [3.05, 3.63) is 36.4 Å².